The zero-order valence-electron chi connectivity index (χ0n) is 20.9. The Balaban J connectivity index is 1.97. The fourth-order valence-corrected chi connectivity index (χ4v) is 5.11. The number of nitrogens with zero attached hydrogens (tertiary/aromatic N) is 2. The first-order valence-corrected chi connectivity index (χ1v) is 13.4. The van der Waals surface area contributed by atoms with Crippen LogP contribution in [0, 0.1) is 0 Å². The highest BCUT2D eigenvalue weighted by Crippen LogP contribution is 2.24. The van der Waals surface area contributed by atoms with Gasteiger partial charge in [0, 0.05) is 12.6 Å². The van der Waals surface area contributed by atoms with Crippen LogP contribution < -0.4 is 9.62 Å². The molecule has 36 heavy (non-hydrogen) atoms. The van der Waals surface area contributed by atoms with E-state index in [0.29, 0.717) is 5.69 Å². The number of nitrogens with one attached hydrogen (secondary N) is 1. The van der Waals surface area contributed by atoms with Crippen molar-refractivity contribution in [2.24, 2.45) is 0 Å². The summed E-state index contributed by atoms with van der Waals surface area (Å²) in [5.74, 6) is -0.764. The molecule has 190 valence electrons. The van der Waals surface area contributed by atoms with Gasteiger partial charge in [-0.2, -0.15) is 0 Å². The maximum atomic E-state index is 13.8. The van der Waals surface area contributed by atoms with E-state index in [4.69, 9.17) is 0 Å². The summed E-state index contributed by atoms with van der Waals surface area (Å²) in [4.78, 5) is 28.3. The Kier molecular flexibility index (Phi) is 9.25. The molecule has 3 rings (SSSR count). The number of hydrogen-bond donors (Lipinski definition) is 1. The lowest BCUT2D eigenvalue weighted by Crippen LogP contribution is -2.52. The standard InChI is InChI=1S/C28H33N3O4S/c1-4-22(2)29-28(33)23(3)30(20-24-14-8-5-9-15-24)27(32)21-31(25-16-10-6-11-17-25)36(34,35)26-18-12-7-13-19-26/h5-19,22-23H,4,20-21H2,1-3H3,(H,29,33)/t22-,23+/m0/s1. The minimum absolute atomic E-state index is 0.0482. The van der Waals surface area contributed by atoms with Gasteiger partial charge >= 0.3 is 0 Å². The van der Waals surface area contributed by atoms with E-state index in [2.05, 4.69) is 5.32 Å². The predicted molar refractivity (Wildman–Crippen MR) is 142 cm³/mol. The Labute approximate surface area is 213 Å². The number of carbonyl (C=O) groups is 2. The molecule has 2 atom stereocenters. The first-order chi connectivity index (χ1) is 17.2. The van der Waals surface area contributed by atoms with Crippen LogP contribution in [0.5, 0.6) is 0 Å². The van der Waals surface area contributed by atoms with E-state index in [-0.39, 0.29) is 23.4 Å². The summed E-state index contributed by atoms with van der Waals surface area (Å²) in [5, 5.41) is 2.93. The molecule has 8 heteroatoms. The van der Waals surface area contributed by atoms with Gasteiger partial charge in [0.1, 0.15) is 12.6 Å². The van der Waals surface area contributed by atoms with Crippen LogP contribution in [0.3, 0.4) is 0 Å². The van der Waals surface area contributed by atoms with Crippen LogP contribution in [-0.4, -0.2) is 43.8 Å². The van der Waals surface area contributed by atoms with Crippen molar-refractivity contribution in [1.82, 2.24) is 10.2 Å². The molecule has 0 aliphatic rings. The fraction of sp³-hybridized carbons (Fsp3) is 0.286. The molecule has 0 saturated heterocycles. The average Bonchev–Trinajstić information content (AvgIpc) is 2.91. The first-order valence-electron chi connectivity index (χ1n) is 12.0. The van der Waals surface area contributed by atoms with Crippen molar-refractivity contribution >= 4 is 27.5 Å². The lowest BCUT2D eigenvalue weighted by atomic mass is 10.1. The molecule has 0 radical (unpaired) electrons. The molecule has 0 heterocycles. The summed E-state index contributed by atoms with van der Waals surface area (Å²) in [6.45, 7) is 5.25. The molecule has 0 bridgehead atoms. The number of para-hydroxylation sites is 1. The number of anilines is 1. The largest absolute Gasteiger partial charge is 0.352 e. The zero-order chi connectivity index (χ0) is 26.1. The van der Waals surface area contributed by atoms with Crippen molar-refractivity contribution < 1.29 is 18.0 Å². The van der Waals surface area contributed by atoms with Crippen LogP contribution in [0.1, 0.15) is 32.8 Å². The van der Waals surface area contributed by atoms with Crippen molar-refractivity contribution in [3.05, 3.63) is 96.6 Å². The van der Waals surface area contributed by atoms with Crippen LogP contribution in [0.15, 0.2) is 95.9 Å². The van der Waals surface area contributed by atoms with Crippen molar-refractivity contribution in [3.8, 4) is 0 Å². The smallest absolute Gasteiger partial charge is 0.264 e. The SMILES string of the molecule is CC[C@H](C)NC(=O)[C@@H](C)N(Cc1ccccc1)C(=O)CN(c1ccccc1)S(=O)(=O)c1ccccc1. The highest BCUT2D eigenvalue weighted by molar-refractivity contribution is 7.92. The number of benzene rings is 3. The van der Waals surface area contributed by atoms with Crippen LogP contribution >= 0.6 is 0 Å². The van der Waals surface area contributed by atoms with Gasteiger partial charge in [-0.25, -0.2) is 8.42 Å². The molecule has 0 fully saturated rings. The molecule has 2 amide bonds. The molecule has 3 aromatic carbocycles. The second-order valence-electron chi connectivity index (χ2n) is 8.66. The summed E-state index contributed by atoms with van der Waals surface area (Å²) in [5.41, 5.74) is 1.21. The van der Waals surface area contributed by atoms with E-state index < -0.39 is 28.5 Å². The van der Waals surface area contributed by atoms with Gasteiger partial charge in [-0.3, -0.25) is 13.9 Å². The Hall–Kier alpha value is -3.65. The molecule has 0 aromatic heterocycles. The van der Waals surface area contributed by atoms with E-state index in [0.717, 1.165) is 16.3 Å². The van der Waals surface area contributed by atoms with Gasteiger partial charge in [0.05, 0.1) is 10.6 Å². The number of rotatable bonds is 11. The Morgan fingerprint density at radius 3 is 1.92 bits per heavy atom. The van der Waals surface area contributed by atoms with E-state index in [1.54, 1.807) is 55.5 Å². The summed E-state index contributed by atoms with van der Waals surface area (Å²) in [6, 6.07) is 25.0. The normalized spacial score (nSPS) is 12.9. The molecule has 0 saturated carbocycles. The molecule has 1 N–H and O–H groups in total. The van der Waals surface area contributed by atoms with Gasteiger partial charge in [0.15, 0.2) is 0 Å². The highest BCUT2D eigenvalue weighted by atomic mass is 32.2. The maximum Gasteiger partial charge on any atom is 0.264 e. The van der Waals surface area contributed by atoms with Crippen molar-refractivity contribution in [3.63, 3.8) is 0 Å². The van der Waals surface area contributed by atoms with Gasteiger partial charge in [-0.15, -0.1) is 0 Å². The second kappa shape index (κ2) is 12.4. The van der Waals surface area contributed by atoms with Crippen LogP contribution in [0.2, 0.25) is 0 Å². The number of carbonyl (C=O) groups excluding carboxylic acids is 2. The third-order valence-electron chi connectivity index (χ3n) is 6.02. The summed E-state index contributed by atoms with van der Waals surface area (Å²) in [7, 11) is -4.04. The van der Waals surface area contributed by atoms with Gasteiger partial charge < -0.3 is 10.2 Å². The van der Waals surface area contributed by atoms with Crippen molar-refractivity contribution in [1.29, 1.82) is 0 Å². The van der Waals surface area contributed by atoms with Gasteiger partial charge in [-0.05, 0) is 50.1 Å². The predicted octanol–water partition coefficient (Wildman–Crippen LogP) is 4.21. The molecule has 3 aromatic rings. The minimum Gasteiger partial charge on any atom is -0.352 e. The van der Waals surface area contributed by atoms with Crippen molar-refractivity contribution in [2.75, 3.05) is 10.8 Å². The third kappa shape index (κ3) is 6.73. The van der Waals surface area contributed by atoms with Gasteiger partial charge in [0.25, 0.3) is 10.0 Å². The van der Waals surface area contributed by atoms with Gasteiger partial charge in [0.2, 0.25) is 11.8 Å². The van der Waals surface area contributed by atoms with Crippen LogP contribution in [-0.2, 0) is 26.2 Å². The zero-order valence-corrected chi connectivity index (χ0v) is 21.7. The quantitative estimate of drug-likeness (QED) is 0.421. The Morgan fingerprint density at radius 1 is 0.833 bits per heavy atom. The molecule has 0 spiro atoms. The topological polar surface area (TPSA) is 86.8 Å². The summed E-state index contributed by atoms with van der Waals surface area (Å²) >= 11 is 0. The third-order valence-corrected chi connectivity index (χ3v) is 7.81. The number of sulfonamides is 1. The minimum atomic E-state index is -4.04. The lowest BCUT2D eigenvalue weighted by Gasteiger charge is -2.32. The van der Waals surface area contributed by atoms with E-state index in [9.17, 15) is 18.0 Å². The molecular weight excluding hydrogens is 474 g/mol. The summed E-state index contributed by atoms with van der Waals surface area (Å²) in [6.07, 6.45) is 0.752. The molecule has 0 aliphatic carbocycles. The second-order valence-corrected chi connectivity index (χ2v) is 10.5. The van der Waals surface area contributed by atoms with Crippen LogP contribution in [0.4, 0.5) is 5.69 Å². The number of hydrogen-bond acceptors (Lipinski definition) is 4. The Bertz CT molecular complexity index is 1240. The monoisotopic (exact) mass is 507 g/mol. The Morgan fingerprint density at radius 2 is 1.36 bits per heavy atom. The first kappa shape index (κ1) is 26.9. The average molecular weight is 508 g/mol. The molecule has 0 unspecified atom stereocenters. The van der Waals surface area contributed by atoms with E-state index in [1.165, 1.54) is 17.0 Å². The van der Waals surface area contributed by atoms with E-state index in [1.807, 2.05) is 44.2 Å². The van der Waals surface area contributed by atoms with Crippen molar-refractivity contribution in [2.45, 2.75) is 50.7 Å². The number of amides is 2. The molecular formula is C28H33N3O4S. The maximum absolute atomic E-state index is 13.8. The lowest BCUT2D eigenvalue weighted by molar-refractivity contribution is -0.139. The molecule has 0 aliphatic heterocycles. The molecule has 7 nitrogen and oxygen atoms in total. The van der Waals surface area contributed by atoms with Gasteiger partial charge in [-0.1, -0.05) is 73.7 Å². The van der Waals surface area contributed by atoms with Crippen LogP contribution in [0.25, 0.3) is 0 Å². The van der Waals surface area contributed by atoms with E-state index >= 15 is 0 Å². The fourth-order valence-electron chi connectivity index (χ4n) is 3.67. The summed E-state index contributed by atoms with van der Waals surface area (Å²) < 4.78 is 28.3. The highest BCUT2D eigenvalue weighted by Gasteiger charge is 2.32.